The Bertz CT molecular complexity index is 750. The van der Waals surface area contributed by atoms with Crippen molar-refractivity contribution in [2.24, 2.45) is 0 Å². The second-order valence-electron chi connectivity index (χ2n) is 4.90. The molecule has 0 unspecified atom stereocenters. The number of hydrogen-bond donors (Lipinski definition) is 2. The molecule has 2 aromatic carbocycles. The van der Waals surface area contributed by atoms with Crippen LogP contribution >= 0.6 is 15.9 Å². The van der Waals surface area contributed by atoms with E-state index in [0.29, 0.717) is 21.7 Å². The predicted octanol–water partition coefficient (Wildman–Crippen LogP) is 3.13. The van der Waals surface area contributed by atoms with Gasteiger partial charge in [0.15, 0.2) is 0 Å². The van der Waals surface area contributed by atoms with E-state index in [1.807, 2.05) is 24.3 Å². The summed E-state index contributed by atoms with van der Waals surface area (Å²) in [6.07, 6.45) is 0. The normalized spacial score (nSPS) is 11.6. The Morgan fingerprint density at radius 3 is 2.29 bits per heavy atom. The van der Waals surface area contributed by atoms with Crippen molar-refractivity contribution in [1.82, 2.24) is 4.72 Å². The lowest BCUT2D eigenvalue weighted by molar-refractivity contribution is 0.580. The van der Waals surface area contributed by atoms with Crippen molar-refractivity contribution >= 4 is 31.6 Å². The summed E-state index contributed by atoms with van der Waals surface area (Å²) in [6, 6.07) is 10.8. The van der Waals surface area contributed by atoms with Gasteiger partial charge in [0, 0.05) is 16.7 Å². The van der Waals surface area contributed by atoms with E-state index in [0.717, 1.165) is 10.0 Å². The number of sulfonamides is 1. The molecule has 3 N–H and O–H groups in total. The van der Waals surface area contributed by atoms with Gasteiger partial charge in [0.1, 0.15) is 0 Å². The fourth-order valence-electron chi connectivity index (χ4n) is 2.29. The van der Waals surface area contributed by atoms with E-state index in [4.69, 9.17) is 5.73 Å². The van der Waals surface area contributed by atoms with Gasteiger partial charge in [-0.3, -0.25) is 0 Å². The molecule has 0 saturated carbocycles. The molecule has 0 spiro atoms. The topological polar surface area (TPSA) is 72.2 Å². The van der Waals surface area contributed by atoms with Crippen molar-refractivity contribution in [2.75, 3.05) is 5.73 Å². The van der Waals surface area contributed by atoms with Gasteiger partial charge in [-0.1, -0.05) is 34.1 Å². The van der Waals surface area contributed by atoms with E-state index in [1.54, 1.807) is 26.0 Å². The Morgan fingerprint density at radius 1 is 1.14 bits per heavy atom. The van der Waals surface area contributed by atoms with Crippen molar-refractivity contribution < 1.29 is 8.42 Å². The number of nitrogens with two attached hydrogens (primary N) is 1. The minimum Gasteiger partial charge on any atom is -0.399 e. The monoisotopic (exact) mass is 368 g/mol. The van der Waals surface area contributed by atoms with Crippen molar-refractivity contribution in [2.45, 2.75) is 25.3 Å². The number of nitrogen functional groups attached to an aromatic ring is 1. The van der Waals surface area contributed by atoms with Gasteiger partial charge < -0.3 is 5.73 Å². The summed E-state index contributed by atoms with van der Waals surface area (Å²) in [4.78, 5) is 0.295. The third-order valence-electron chi connectivity index (χ3n) is 3.16. The number of anilines is 1. The summed E-state index contributed by atoms with van der Waals surface area (Å²) in [7, 11) is -3.58. The van der Waals surface area contributed by atoms with Crippen LogP contribution in [0.1, 0.15) is 16.7 Å². The second-order valence-corrected chi connectivity index (χ2v) is 7.46. The standard InChI is InChI=1S/C15H17BrN2O2S/c1-10-7-13(17)8-11(2)15(10)21(19,20)18-9-12-5-3-4-6-14(12)16/h3-8,18H,9,17H2,1-2H3. The quantitative estimate of drug-likeness (QED) is 0.814. The first-order valence-electron chi connectivity index (χ1n) is 6.41. The molecule has 0 atom stereocenters. The molecule has 0 aliphatic heterocycles. The molecule has 21 heavy (non-hydrogen) atoms. The van der Waals surface area contributed by atoms with Crippen molar-refractivity contribution in [3.05, 3.63) is 57.6 Å². The van der Waals surface area contributed by atoms with Crippen LogP contribution < -0.4 is 10.5 Å². The first-order valence-corrected chi connectivity index (χ1v) is 8.68. The highest BCUT2D eigenvalue weighted by Crippen LogP contribution is 2.23. The molecule has 6 heteroatoms. The Hall–Kier alpha value is -1.37. The third kappa shape index (κ3) is 3.64. The Labute approximate surface area is 133 Å². The van der Waals surface area contributed by atoms with Gasteiger partial charge in [-0.25, -0.2) is 13.1 Å². The summed E-state index contributed by atoms with van der Waals surface area (Å²) in [6.45, 7) is 3.72. The van der Waals surface area contributed by atoms with Gasteiger partial charge in [-0.15, -0.1) is 0 Å². The van der Waals surface area contributed by atoms with E-state index in [-0.39, 0.29) is 6.54 Å². The highest BCUT2D eigenvalue weighted by Gasteiger charge is 2.19. The zero-order valence-corrected chi connectivity index (χ0v) is 14.3. The summed E-state index contributed by atoms with van der Waals surface area (Å²) >= 11 is 3.41. The Morgan fingerprint density at radius 2 is 1.71 bits per heavy atom. The molecule has 0 radical (unpaired) electrons. The Kier molecular flexibility index (Phi) is 4.70. The van der Waals surface area contributed by atoms with Gasteiger partial charge in [0.05, 0.1) is 4.90 Å². The number of hydrogen-bond acceptors (Lipinski definition) is 3. The van der Waals surface area contributed by atoms with Gasteiger partial charge in [0.2, 0.25) is 10.0 Å². The molecule has 0 heterocycles. The molecule has 0 bridgehead atoms. The molecule has 2 aromatic rings. The lowest BCUT2D eigenvalue weighted by Crippen LogP contribution is -2.25. The first-order chi connectivity index (χ1) is 9.81. The van der Waals surface area contributed by atoms with Crippen LogP contribution in [0.2, 0.25) is 0 Å². The van der Waals surface area contributed by atoms with Gasteiger partial charge in [0.25, 0.3) is 0 Å². The van der Waals surface area contributed by atoms with Crippen LogP contribution in [0.4, 0.5) is 5.69 Å². The van der Waals surface area contributed by atoms with E-state index in [9.17, 15) is 8.42 Å². The minimum absolute atomic E-state index is 0.229. The highest BCUT2D eigenvalue weighted by molar-refractivity contribution is 9.10. The van der Waals surface area contributed by atoms with E-state index in [1.165, 1.54) is 0 Å². The summed E-state index contributed by atoms with van der Waals surface area (Å²) in [5.41, 5.74) is 8.47. The molecule has 0 aliphatic rings. The fourth-order valence-corrected chi connectivity index (χ4v) is 4.17. The lowest BCUT2D eigenvalue weighted by Gasteiger charge is -2.13. The van der Waals surface area contributed by atoms with Crippen LogP contribution in [-0.4, -0.2) is 8.42 Å². The molecule has 0 aromatic heterocycles. The lowest BCUT2D eigenvalue weighted by atomic mass is 10.1. The van der Waals surface area contributed by atoms with Crippen LogP contribution in [0.3, 0.4) is 0 Å². The molecule has 0 aliphatic carbocycles. The largest absolute Gasteiger partial charge is 0.399 e. The fraction of sp³-hybridized carbons (Fsp3) is 0.200. The van der Waals surface area contributed by atoms with Crippen LogP contribution in [0.15, 0.2) is 45.8 Å². The maximum absolute atomic E-state index is 12.5. The third-order valence-corrected chi connectivity index (χ3v) is 5.64. The van der Waals surface area contributed by atoms with E-state index < -0.39 is 10.0 Å². The molecule has 0 fully saturated rings. The van der Waals surface area contributed by atoms with Crippen LogP contribution in [0, 0.1) is 13.8 Å². The Balaban J connectivity index is 2.30. The number of benzene rings is 2. The molecule has 0 amide bonds. The second kappa shape index (κ2) is 6.17. The van der Waals surface area contributed by atoms with Gasteiger partial charge in [-0.05, 0) is 48.7 Å². The summed E-state index contributed by atoms with van der Waals surface area (Å²) in [5, 5.41) is 0. The average molecular weight is 369 g/mol. The number of aryl methyl sites for hydroxylation is 2. The van der Waals surface area contributed by atoms with Crippen molar-refractivity contribution in [1.29, 1.82) is 0 Å². The molecule has 4 nitrogen and oxygen atoms in total. The maximum Gasteiger partial charge on any atom is 0.241 e. The maximum atomic E-state index is 12.5. The SMILES string of the molecule is Cc1cc(N)cc(C)c1S(=O)(=O)NCc1ccccc1Br. The zero-order valence-electron chi connectivity index (χ0n) is 11.9. The van der Waals surface area contributed by atoms with Crippen LogP contribution in [-0.2, 0) is 16.6 Å². The van der Waals surface area contributed by atoms with Gasteiger partial charge >= 0.3 is 0 Å². The molecule has 0 saturated heterocycles. The minimum atomic E-state index is -3.58. The number of halogens is 1. The van der Waals surface area contributed by atoms with Crippen LogP contribution in [0.5, 0.6) is 0 Å². The zero-order chi connectivity index (χ0) is 15.6. The van der Waals surface area contributed by atoms with E-state index in [2.05, 4.69) is 20.7 Å². The van der Waals surface area contributed by atoms with Crippen molar-refractivity contribution in [3.63, 3.8) is 0 Å². The molecular formula is C15H17BrN2O2S. The number of rotatable bonds is 4. The summed E-state index contributed by atoms with van der Waals surface area (Å²) < 4.78 is 28.5. The van der Waals surface area contributed by atoms with E-state index >= 15 is 0 Å². The average Bonchev–Trinajstić information content (AvgIpc) is 2.36. The molecule has 2 rings (SSSR count). The first kappa shape index (κ1) is 16.0. The summed E-state index contributed by atoms with van der Waals surface area (Å²) in [5.74, 6) is 0. The number of nitrogens with one attached hydrogen (secondary N) is 1. The van der Waals surface area contributed by atoms with Gasteiger partial charge in [-0.2, -0.15) is 0 Å². The predicted molar refractivity (Wildman–Crippen MR) is 88.5 cm³/mol. The smallest absolute Gasteiger partial charge is 0.241 e. The van der Waals surface area contributed by atoms with Crippen LogP contribution in [0.25, 0.3) is 0 Å². The van der Waals surface area contributed by atoms with Crippen molar-refractivity contribution in [3.8, 4) is 0 Å². The molecule has 112 valence electrons. The molecular weight excluding hydrogens is 352 g/mol. The highest BCUT2D eigenvalue weighted by atomic mass is 79.9.